The molecule has 2 heterocycles. The summed E-state index contributed by atoms with van der Waals surface area (Å²) in [6.07, 6.45) is 3.46. The Morgan fingerprint density at radius 3 is 2.75 bits per heavy atom. The summed E-state index contributed by atoms with van der Waals surface area (Å²) in [6.45, 7) is 3.19. The topological polar surface area (TPSA) is 68.5 Å². The van der Waals surface area contributed by atoms with Gasteiger partial charge in [-0.25, -0.2) is 0 Å². The number of hydrogen-bond acceptors (Lipinski definition) is 4. The predicted molar refractivity (Wildman–Crippen MR) is 92.7 cm³/mol. The van der Waals surface area contributed by atoms with E-state index < -0.39 is 0 Å². The van der Waals surface area contributed by atoms with Crippen molar-refractivity contribution < 1.29 is 9.53 Å². The molecular formula is C19H23N3O2. The normalized spacial score (nSPS) is 20.7. The van der Waals surface area contributed by atoms with Gasteiger partial charge in [0.1, 0.15) is 12.4 Å². The first-order valence-corrected chi connectivity index (χ1v) is 8.33. The molecule has 1 amide bonds. The van der Waals surface area contributed by atoms with Crippen molar-refractivity contribution in [1.29, 1.82) is 0 Å². The Bertz CT molecular complexity index is 673. The molecule has 3 rings (SSSR count). The second-order valence-corrected chi connectivity index (χ2v) is 6.27. The fourth-order valence-electron chi connectivity index (χ4n) is 3.01. The third-order valence-electron chi connectivity index (χ3n) is 4.39. The summed E-state index contributed by atoms with van der Waals surface area (Å²) in [5.74, 6) is 0.789. The third-order valence-corrected chi connectivity index (χ3v) is 4.39. The number of pyridine rings is 1. The number of rotatable bonds is 4. The minimum atomic E-state index is 0.0608. The van der Waals surface area contributed by atoms with E-state index in [1.165, 1.54) is 0 Å². The van der Waals surface area contributed by atoms with Gasteiger partial charge in [0.05, 0.1) is 5.69 Å². The highest BCUT2D eigenvalue weighted by atomic mass is 16.5. The van der Waals surface area contributed by atoms with Crippen LogP contribution in [0.4, 0.5) is 0 Å². The molecule has 1 aliphatic rings. The fourth-order valence-corrected chi connectivity index (χ4v) is 3.01. The van der Waals surface area contributed by atoms with Crippen LogP contribution in [0.1, 0.15) is 35.8 Å². The van der Waals surface area contributed by atoms with Crippen molar-refractivity contribution in [3.63, 3.8) is 0 Å². The molecule has 1 aromatic carbocycles. The van der Waals surface area contributed by atoms with Crippen molar-refractivity contribution in [2.24, 2.45) is 5.73 Å². The van der Waals surface area contributed by atoms with Gasteiger partial charge < -0.3 is 15.4 Å². The van der Waals surface area contributed by atoms with Crippen molar-refractivity contribution in [3.05, 3.63) is 59.9 Å². The van der Waals surface area contributed by atoms with E-state index in [0.717, 1.165) is 30.8 Å². The standard InChI is InChI=1S/C19H23N3O2/c1-14-12-16(20)9-11-22(14)19(23)15-5-7-18(8-6-15)24-13-17-4-2-3-10-21-17/h2-8,10,14,16H,9,11-13,20H2,1H3/t14-,16+/m0/s1. The second-order valence-electron chi connectivity index (χ2n) is 6.27. The number of hydrogen-bond donors (Lipinski definition) is 1. The highest BCUT2D eigenvalue weighted by Gasteiger charge is 2.27. The van der Waals surface area contributed by atoms with E-state index in [9.17, 15) is 4.79 Å². The lowest BCUT2D eigenvalue weighted by Crippen LogP contribution is -2.48. The van der Waals surface area contributed by atoms with Crippen molar-refractivity contribution in [3.8, 4) is 5.75 Å². The fraction of sp³-hybridized carbons (Fsp3) is 0.368. The van der Waals surface area contributed by atoms with Crippen LogP contribution in [0.3, 0.4) is 0 Å². The van der Waals surface area contributed by atoms with Crippen LogP contribution in [0.15, 0.2) is 48.7 Å². The summed E-state index contributed by atoms with van der Waals surface area (Å²) >= 11 is 0. The summed E-state index contributed by atoms with van der Waals surface area (Å²) in [7, 11) is 0. The average Bonchev–Trinajstić information content (AvgIpc) is 2.61. The number of aromatic nitrogens is 1. The van der Waals surface area contributed by atoms with Crippen LogP contribution >= 0.6 is 0 Å². The maximum Gasteiger partial charge on any atom is 0.254 e. The Kier molecular flexibility index (Phi) is 5.11. The number of benzene rings is 1. The average molecular weight is 325 g/mol. The zero-order valence-electron chi connectivity index (χ0n) is 13.9. The summed E-state index contributed by atoms with van der Waals surface area (Å²) in [6, 6.07) is 13.4. The van der Waals surface area contributed by atoms with E-state index in [1.807, 2.05) is 47.4 Å². The lowest BCUT2D eigenvalue weighted by molar-refractivity contribution is 0.0619. The molecule has 2 aromatic rings. The molecule has 0 radical (unpaired) electrons. The lowest BCUT2D eigenvalue weighted by Gasteiger charge is -2.36. The number of likely N-dealkylation sites (tertiary alicyclic amines) is 1. The van der Waals surface area contributed by atoms with Crippen LogP contribution in [0, 0.1) is 0 Å². The number of nitrogens with two attached hydrogens (primary N) is 1. The predicted octanol–water partition coefficient (Wildman–Crippen LogP) is 2.61. The highest BCUT2D eigenvalue weighted by molar-refractivity contribution is 5.94. The summed E-state index contributed by atoms with van der Waals surface area (Å²) < 4.78 is 5.70. The number of amides is 1. The van der Waals surface area contributed by atoms with E-state index in [2.05, 4.69) is 11.9 Å². The smallest absolute Gasteiger partial charge is 0.254 e. The monoisotopic (exact) mass is 325 g/mol. The lowest BCUT2D eigenvalue weighted by atomic mass is 9.98. The van der Waals surface area contributed by atoms with Crippen LogP contribution < -0.4 is 10.5 Å². The van der Waals surface area contributed by atoms with E-state index in [1.54, 1.807) is 6.20 Å². The molecule has 2 N–H and O–H groups in total. The van der Waals surface area contributed by atoms with Gasteiger partial charge in [0.15, 0.2) is 0 Å². The maximum atomic E-state index is 12.6. The summed E-state index contributed by atoms with van der Waals surface area (Å²) in [4.78, 5) is 18.8. The summed E-state index contributed by atoms with van der Waals surface area (Å²) in [5, 5.41) is 0. The Morgan fingerprint density at radius 2 is 2.08 bits per heavy atom. The molecular weight excluding hydrogens is 302 g/mol. The van der Waals surface area contributed by atoms with E-state index in [0.29, 0.717) is 12.2 Å². The Morgan fingerprint density at radius 1 is 1.29 bits per heavy atom. The second kappa shape index (κ2) is 7.45. The molecule has 1 saturated heterocycles. The number of nitrogens with zero attached hydrogens (tertiary/aromatic N) is 2. The molecule has 0 saturated carbocycles. The van der Waals surface area contributed by atoms with E-state index >= 15 is 0 Å². The van der Waals surface area contributed by atoms with Crippen LogP contribution in [-0.2, 0) is 6.61 Å². The maximum absolute atomic E-state index is 12.6. The first-order chi connectivity index (χ1) is 11.6. The molecule has 0 aliphatic carbocycles. The van der Waals surface area contributed by atoms with Crippen molar-refractivity contribution >= 4 is 5.91 Å². The van der Waals surface area contributed by atoms with Gasteiger partial charge in [0, 0.05) is 30.4 Å². The number of piperidine rings is 1. The molecule has 1 aliphatic heterocycles. The number of ether oxygens (including phenoxy) is 1. The Labute approximate surface area is 142 Å². The van der Waals surface area contributed by atoms with Crippen molar-refractivity contribution in [2.45, 2.75) is 38.5 Å². The molecule has 2 atom stereocenters. The molecule has 24 heavy (non-hydrogen) atoms. The zero-order chi connectivity index (χ0) is 16.9. The molecule has 1 fully saturated rings. The highest BCUT2D eigenvalue weighted by Crippen LogP contribution is 2.20. The molecule has 126 valence electrons. The summed E-state index contributed by atoms with van der Waals surface area (Å²) in [5.41, 5.74) is 7.52. The van der Waals surface area contributed by atoms with E-state index in [4.69, 9.17) is 10.5 Å². The largest absolute Gasteiger partial charge is 0.487 e. The Balaban J connectivity index is 1.60. The van der Waals surface area contributed by atoms with Crippen LogP contribution in [0.25, 0.3) is 0 Å². The molecule has 0 bridgehead atoms. The first kappa shape index (κ1) is 16.5. The van der Waals surface area contributed by atoms with E-state index in [-0.39, 0.29) is 18.0 Å². The molecule has 0 unspecified atom stereocenters. The van der Waals surface area contributed by atoms with Gasteiger partial charge in [0.2, 0.25) is 0 Å². The SMILES string of the molecule is C[C@H]1C[C@H](N)CCN1C(=O)c1ccc(OCc2ccccn2)cc1. The van der Waals surface area contributed by atoms with Gasteiger partial charge in [-0.05, 0) is 56.2 Å². The van der Waals surface area contributed by atoms with Gasteiger partial charge in [-0.1, -0.05) is 6.07 Å². The van der Waals surface area contributed by atoms with Crippen molar-refractivity contribution in [1.82, 2.24) is 9.88 Å². The van der Waals surface area contributed by atoms with Crippen molar-refractivity contribution in [2.75, 3.05) is 6.54 Å². The molecule has 5 nitrogen and oxygen atoms in total. The third kappa shape index (κ3) is 3.92. The van der Waals surface area contributed by atoms with Crippen LogP contribution in [0.5, 0.6) is 5.75 Å². The molecule has 1 aromatic heterocycles. The van der Waals surface area contributed by atoms with Crippen LogP contribution in [-0.4, -0.2) is 34.4 Å². The molecule has 0 spiro atoms. The zero-order valence-corrected chi connectivity index (χ0v) is 13.9. The van der Waals surface area contributed by atoms with Gasteiger partial charge >= 0.3 is 0 Å². The van der Waals surface area contributed by atoms with Gasteiger partial charge in [-0.15, -0.1) is 0 Å². The number of carbonyl (C=O) groups excluding carboxylic acids is 1. The first-order valence-electron chi connectivity index (χ1n) is 8.33. The van der Waals surface area contributed by atoms with Gasteiger partial charge in [-0.3, -0.25) is 9.78 Å². The van der Waals surface area contributed by atoms with Gasteiger partial charge in [-0.2, -0.15) is 0 Å². The number of carbonyl (C=O) groups is 1. The minimum Gasteiger partial charge on any atom is -0.487 e. The quantitative estimate of drug-likeness (QED) is 0.938. The molecule has 5 heteroatoms. The van der Waals surface area contributed by atoms with Gasteiger partial charge in [0.25, 0.3) is 5.91 Å². The van der Waals surface area contributed by atoms with Crippen LogP contribution in [0.2, 0.25) is 0 Å². The minimum absolute atomic E-state index is 0.0608. The Hall–Kier alpha value is -2.40.